The van der Waals surface area contributed by atoms with Gasteiger partial charge in [0.2, 0.25) is 27.7 Å². The number of hydrogen-bond acceptors (Lipinski definition) is 11. The predicted octanol–water partition coefficient (Wildman–Crippen LogP) is 5.99. The van der Waals surface area contributed by atoms with Crippen LogP contribution in [0.4, 0.5) is 18.0 Å². The number of carbonyl (C=O) groups excluding carboxylic acids is 4. The molecule has 1 saturated heterocycles. The molecule has 2 fully saturated rings. The number of halogens is 3. The fraction of sp³-hybridized carbons (Fsp3) is 0.489. The van der Waals surface area contributed by atoms with Gasteiger partial charge in [-0.3, -0.25) is 14.4 Å². The molecule has 1 aromatic carbocycles. The highest BCUT2D eigenvalue weighted by molar-refractivity contribution is 7.91. The summed E-state index contributed by atoms with van der Waals surface area (Å²) in [7, 11) is -4.20. The molecule has 3 N–H and O–H groups in total. The van der Waals surface area contributed by atoms with Gasteiger partial charge in [0.25, 0.3) is 5.91 Å². The second kappa shape index (κ2) is 16.8. The molecule has 1 saturated carbocycles. The van der Waals surface area contributed by atoms with Gasteiger partial charge in [-0.15, -0.1) is 6.42 Å². The molecule has 15 nitrogen and oxygen atoms in total. The van der Waals surface area contributed by atoms with Crippen molar-refractivity contribution in [2.45, 2.75) is 132 Å². The second-order valence-electron chi connectivity index (χ2n) is 18.7. The number of nitrogens with zero attached hydrogens (tertiary/aromatic N) is 3. The third-order valence-electron chi connectivity index (χ3n) is 12.6. The maximum Gasteiger partial charge on any atom is 0.437 e. The zero-order valence-corrected chi connectivity index (χ0v) is 37.6. The monoisotopic (exact) mass is 930 g/mol. The van der Waals surface area contributed by atoms with E-state index in [1.54, 1.807) is 45.1 Å². The SMILES string of the molecule is C#Cc1ccc(Oc2ccc3nc(C(F)(F)F)c4c(c3c2)CCC2(CC3C(=O)NC5(C(=O)NS(=O)(=O)C6(C)CC6)C#CC5C=CCCCCCC(NC(=O)OC(C)(C)C)C(=O)N3C2)O4)nc1. The highest BCUT2D eigenvalue weighted by Crippen LogP contribution is 2.49. The van der Waals surface area contributed by atoms with Gasteiger partial charge in [-0.2, -0.15) is 13.2 Å². The minimum atomic E-state index is -5.00. The van der Waals surface area contributed by atoms with Crippen molar-refractivity contribution >= 4 is 44.7 Å². The molecule has 2 aliphatic carbocycles. The van der Waals surface area contributed by atoms with Crippen molar-refractivity contribution in [1.29, 1.82) is 0 Å². The fourth-order valence-electron chi connectivity index (χ4n) is 8.67. The van der Waals surface area contributed by atoms with Gasteiger partial charge in [0.1, 0.15) is 29.0 Å². The van der Waals surface area contributed by atoms with Gasteiger partial charge < -0.3 is 29.7 Å². The Bertz CT molecular complexity index is 2750. The number of allylic oxidation sites excluding steroid dienone is 1. The molecule has 4 amide bonds. The second-order valence-corrected chi connectivity index (χ2v) is 20.9. The number of alkyl carbamates (subject to hydrolysis) is 1. The first-order valence-corrected chi connectivity index (χ1v) is 23.2. The maximum absolute atomic E-state index is 15.0. The Hall–Kier alpha value is -6.34. The van der Waals surface area contributed by atoms with E-state index in [1.165, 1.54) is 31.3 Å². The van der Waals surface area contributed by atoms with E-state index in [-0.39, 0.29) is 48.4 Å². The van der Waals surface area contributed by atoms with E-state index >= 15 is 13.2 Å². The molecule has 3 aromatic rings. The Morgan fingerprint density at radius 3 is 2.52 bits per heavy atom. The molecule has 8 rings (SSSR count). The van der Waals surface area contributed by atoms with Gasteiger partial charge in [0.15, 0.2) is 17.0 Å². The van der Waals surface area contributed by atoms with Crippen LogP contribution in [0.15, 0.2) is 48.7 Å². The largest absolute Gasteiger partial charge is 0.483 e. The van der Waals surface area contributed by atoms with Gasteiger partial charge in [0.05, 0.1) is 22.7 Å². The molecule has 5 atom stereocenters. The standard InChI is InChI=1S/C47H49F3N6O9S/c1-6-28-14-17-36(51-26-28)63-30-15-16-33-32(24-30)31-19-20-45(64-37(31)38(52-33)47(48,49)50)25-35-39(57)54-46(41(59)55-66(61,62)44(5)22-23-44)21-18-29(46)12-10-8-7-9-11-13-34(40(58)56(35)27-45)53-42(60)65-43(2,3)4/h1,10,12,14-17,24,26,29,34-35H,7-9,11,13,19-20,22-23,25,27H2,2-5H3,(H,53,60)(H,54,57)(H,55,59). The van der Waals surface area contributed by atoms with Crippen molar-refractivity contribution in [1.82, 2.24) is 30.2 Å². The first-order chi connectivity index (χ1) is 31.0. The number of hydrogen-bond donors (Lipinski definition) is 3. The van der Waals surface area contributed by atoms with Gasteiger partial charge in [-0.1, -0.05) is 42.8 Å². The van der Waals surface area contributed by atoms with Gasteiger partial charge in [-0.25, -0.2) is 27.9 Å². The summed E-state index contributed by atoms with van der Waals surface area (Å²) in [5.74, 6) is 4.14. The molecule has 3 aliphatic heterocycles. The molecule has 66 heavy (non-hydrogen) atoms. The number of pyridine rings is 2. The number of alkyl halides is 3. The van der Waals surface area contributed by atoms with Crippen LogP contribution in [0.3, 0.4) is 0 Å². The minimum absolute atomic E-state index is 0.0137. The molecule has 5 unspecified atom stereocenters. The minimum Gasteiger partial charge on any atom is -0.483 e. The van der Waals surface area contributed by atoms with Crippen LogP contribution >= 0.6 is 0 Å². The van der Waals surface area contributed by atoms with E-state index in [9.17, 15) is 27.6 Å². The summed E-state index contributed by atoms with van der Waals surface area (Å²) in [6.45, 7) is 6.04. The lowest BCUT2D eigenvalue weighted by Gasteiger charge is -2.38. The molecule has 5 heterocycles. The van der Waals surface area contributed by atoms with E-state index in [2.05, 4.69) is 43.1 Å². The number of terminal acetylenes is 1. The summed E-state index contributed by atoms with van der Waals surface area (Å²) in [5.41, 5.74) is -5.26. The van der Waals surface area contributed by atoms with Crippen LogP contribution in [-0.4, -0.2) is 87.2 Å². The molecule has 2 aromatic heterocycles. The third-order valence-corrected chi connectivity index (χ3v) is 14.8. The van der Waals surface area contributed by atoms with Crippen LogP contribution in [0.5, 0.6) is 17.4 Å². The summed E-state index contributed by atoms with van der Waals surface area (Å²) in [6.07, 6.45) is 7.03. The Morgan fingerprint density at radius 2 is 1.86 bits per heavy atom. The number of carbonyl (C=O) groups is 4. The summed E-state index contributed by atoms with van der Waals surface area (Å²) in [4.78, 5) is 66.4. The number of aromatic nitrogens is 2. The summed E-state index contributed by atoms with van der Waals surface area (Å²) in [6, 6.07) is 4.80. The average molecular weight is 931 g/mol. The Kier molecular flexibility index (Phi) is 11.8. The highest BCUT2D eigenvalue weighted by atomic mass is 32.2. The quantitative estimate of drug-likeness (QED) is 0.194. The van der Waals surface area contributed by atoms with E-state index < -0.39 is 97.5 Å². The molecule has 0 radical (unpaired) electrons. The number of aryl methyl sites for hydroxylation is 1. The Morgan fingerprint density at radius 1 is 1.09 bits per heavy atom. The zero-order chi connectivity index (χ0) is 47.5. The molecule has 0 bridgehead atoms. The van der Waals surface area contributed by atoms with Gasteiger partial charge in [0, 0.05) is 35.2 Å². The normalized spacial score (nSPS) is 26.0. The van der Waals surface area contributed by atoms with E-state index in [1.807, 2.05) is 0 Å². The Balaban J connectivity index is 1.18. The summed E-state index contributed by atoms with van der Waals surface area (Å²) < 4.78 is 90.6. The van der Waals surface area contributed by atoms with Crippen LogP contribution in [0.1, 0.15) is 102 Å². The van der Waals surface area contributed by atoms with Crippen molar-refractivity contribution in [3.05, 3.63) is 65.5 Å². The van der Waals surface area contributed by atoms with Crippen molar-refractivity contribution in [3.8, 4) is 41.6 Å². The molecular formula is C47H49F3N6O9S. The first-order valence-electron chi connectivity index (χ1n) is 21.8. The van der Waals surface area contributed by atoms with E-state index in [0.717, 1.165) is 4.90 Å². The lowest BCUT2D eigenvalue weighted by Crippen LogP contribution is -2.68. The molecule has 1 spiro atoms. The van der Waals surface area contributed by atoms with Crippen molar-refractivity contribution in [2.24, 2.45) is 5.92 Å². The number of nitrogens with one attached hydrogen (secondary N) is 3. The number of amides is 4. The summed E-state index contributed by atoms with van der Waals surface area (Å²) in [5, 5.41) is 5.64. The highest BCUT2D eigenvalue weighted by Gasteiger charge is 2.59. The molecule has 5 aliphatic rings. The van der Waals surface area contributed by atoms with E-state index in [4.69, 9.17) is 20.6 Å². The molecule has 348 valence electrons. The van der Waals surface area contributed by atoms with Gasteiger partial charge >= 0.3 is 12.3 Å². The third kappa shape index (κ3) is 9.10. The van der Waals surface area contributed by atoms with Crippen LogP contribution in [0, 0.1) is 30.1 Å². The van der Waals surface area contributed by atoms with Crippen LogP contribution < -0.4 is 24.8 Å². The van der Waals surface area contributed by atoms with Crippen molar-refractivity contribution in [3.63, 3.8) is 0 Å². The maximum atomic E-state index is 15.0. The van der Waals surface area contributed by atoms with Crippen LogP contribution in [0.2, 0.25) is 0 Å². The molecular weight excluding hydrogens is 882 g/mol. The van der Waals surface area contributed by atoms with Crippen molar-refractivity contribution in [2.75, 3.05) is 6.54 Å². The summed E-state index contributed by atoms with van der Waals surface area (Å²) >= 11 is 0. The number of ether oxygens (including phenoxy) is 3. The number of rotatable bonds is 6. The Labute approximate surface area is 380 Å². The van der Waals surface area contributed by atoms with Gasteiger partial charge in [-0.05, 0) is 96.9 Å². The van der Waals surface area contributed by atoms with Crippen LogP contribution in [0.25, 0.3) is 10.9 Å². The number of fused-ring (bicyclic) bond motifs is 5. The smallest absolute Gasteiger partial charge is 0.437 e. The fourth-order valence-corrected chi connectivity index (χ4v) is 9.96. The zero-order valence-electron chi connectivity index (χ0n) is 36.8. The van der Waals surface area contributed by atoms with Crippen LogP contribution in [-0.2, 0) is 41.7 Å². The van der Waals surface area contributed by atoms with Crippen molar-refractivity contribution < 1.29 is 55.0 Å². The van der Waals surface area contributed by atoms with E-state index in [0.29, 0.717) is 49.5 Å². The number of sulfonamides is 1. The topological polar surface area (TPSA) is 195 Å². The average Bonchev–Trinajstić information content (AvgIpc) is 3.91. The lowest BCUT2D eigenvalue weighted by atomic mass is 9.75. The predicted molar refractivity (Wildman–Crippen MR) is 233 cm³/mol. The molecule has 19 heteroatoms. The number of benzene rings is 1. The first kappa shape index (κ1) is 46.2. The lowest BCUT2D eigenvalue weighted by molar-refractivity contribution is -0.144.